The Morgan fingerprint density at radius 1 is 1.31 bits per heavy atom. The summed E-state index contributed by atoms with van der Waals surface area (Å²) in [6.07, 6.45) is 2.74. The molecule has 0 atom stereocenters. The highest BCUT2D eigenvalue weighted by molar-refractivity contribution is 6.43. The van der Waals surface area contributed by atoms with Gasteiger partial charge in [0.05, 0.1) is 21.9 Å². The predicted molar refractivity (Wildman–Crippen MR) is 52.9 cm³/mol. The van der Waals surface area contributed by atoms with E-state index in [9.17, 15) is 0 Å². The van der Waals surface area contributed by atoms with Gasteiger partial charge in [-0.15, -0.1) is 0 Å². The minimum atomic E-state index is 0.518. The summed E-state index contributed by atoms with van der Waals surface area (Å²) in [6, 6.07) is 7.15. The van der Waals surface area contributed by atoms with Crippen molar-refractivity contribution in [3.8, 4) is 11.3 Å². The van der Waals surface area contributed by atoms with Crippen molar-refractivity contribution in [1.29, 1.82) is 0 Å². The minimum Gasteiger partial charge on any atom is -0.276 e. The molecule has 1 aromatic carbocycles. The number of benzene rings is 1. The van der Waals surface area contributed by atoms with E-state index in [0.29, 0.717) is 10.0 Å². The number of nitrogens with zero attached hydrogens (tertiary/aromatic N) is 1. The van der Waals surface area contributed by atoms with Crippen LogP contribution in [-0.2, 0) is 0 Å². The molecule has 2 rings (SSSR count). The highest BCUT2D eigenvalue weighted by atomic mass is 35.5. The summed E-state index contributed by atoms with van der Waals surface area (Å²) in [5.74, 6) is 0. The fourth-order valence-electron chi connectivity index (χ4n) is 1.07. The summed E-state index contributed by atoms with van der Waals surface area (Å²) < 4.78 is 0. The van der Waals surface area contributed by atoms with E-state index in [1.807, 2.05) is 12.1 Å². The molecule has 1 radical (unpaired) electrons. The van der Waals surface area contributed by atoms with Crippen molar-refractivity contribution in [2.45, 2.75) is 0 Å². The zero-order valence-electron chi connectivity index (χ0n) is 6.51. The van der Waals surface area contributed by atoms with Crippen LogP contribution in [0.3, 0.4) is 0 Å². The van der Waals surface area contributed by atoms with Gasteiger partial charge in [0.1, 0.15) is 0 Å². The Kier molecular flexibility index (Phi) is 2.25. The fourth-order valence-corrected chi connectivity index (χ4v) is 1.46. The third-order valence-electron chi connectivity index (χ3n) is 1.68. The molecule has 0 amide bonds. The van der Waals surface area contributed by atoms with Gasteiger partial charge < -0.3 is 0 Å². The van der Waals surface area contributed by atoms with Gasteiger partial charge in [-0.25, -0.2) is 0 Å². The highest BCUT2D eigenvalue weighted by Crippen LogP contribution is 2.31. The molecule has 0 saturated heterocycles. The molecule has 65 valence electrons. The smallest absolute Gasteiger partial charge is 0.0943 e. The summed E-state index contributed by atoms with van der Waals surface area (Å²) in [4.78, 5) is 0. The van der Waals surface area contributed by atoms with Gasteiger partial charge in [0.2, 0.25) is 0 Å². The van der Waals surface area contributed by atoms with Gasteiger partial charge in [0.15, 0.2) is 0 Å². The molecule has 1 aromatic heterocycles. The average molecular weight is 212 g/mol. The molecular formula is C9H5Cl2N2. The molecule has 1 N–H and O–H groups in total. The number of nitrogens with one attached hydrogen (secondary N) is 1. The lowest BCUT2D eigenvalue weighted by Gasteiger charge is -2.00. The van der Waals surface area contributed by atoms with Gasteiger partial charge in [0.25, 0.3) is 0 Å². The maximum absolute atomic E-state index is 5.98. The molecule has 0 spiro atoms. The van der Waals surface area contributed by atoms with Gasteiger partial charge in [0, 0.05) is 5.56 Å². The molecule has 13 heavy (non-hydrogen) atoms. The van der Waals surface area contributed by atoms with Crippen LogP contribution in [0.2, 0.25) is 10.0 Å². The van der Waals surface area contributed by atoms with Gasteiger partial charge in [-0.1, -0.05) is 35.3 Å². The van der Waals surface area contributed by atoms with E-state index >= 15 is 0 Å². The normalized spacial score (nSPS) is 10.3. The summed E-state index contributed by atoms with van der Waals surface area (Å²) >= 11 is 11.8. The monoisotopic (exact) mass is 211 g/mol. The Balaban J connectivity index is 2.59. The second-order valence-electron chi connectivity index (χ2n) is 2.50. The largest absolute Gasteiger partial charge is 0.276 e. The van der Waals surface area contributed by atoms with Crippen molar-refractivity contribution in [1.82, 2.24) is 10.2 Å². The summed E-state index contributed by atoms with van der Waals surface area (Å²) in [5.41, 5.74) is 1.55. The Morgan fingerprint density at radius 3 is 2.85 bits per heavy atom. The quantitative estimate of drug-likeness (QED) is 0.772. The lowest BCUT2D eigenvalue weighted by Crippen LogP contribution is -1.80. The first-order valence-corrected chi connectivity index (χ1v) is 4.40. The molecule has 0 aliphatic heterocycles. The average Bonchev–Trinajstić information content (AvgIpc) is 2.62. The Labute approximate surface area is 85.5 Å². The van der Waals surface area contributed by atoms with Gasteiger partial charge >= 0.3 is 0 Å². The van der Waals surface area contributed by atoms with Crippen LogP contribution < -0.4 is 0 Å². The molecule has 0 aliphatic rings. The van der Waals surface area contributed by atoms with Crippen LogP contribution in [0.15, 0.2) is 24.3 Å². The molecule has 0 fully saturated rings. The van der Waals surface area contributed by atoms with E-state index in [0.717, 1.165) is 11.3 Å². The molecule has 1 heterocycles. The zero-order chi connectivity index (χ0) is 9.26. The van der Waals surface area contributed by atoms with E-state index in [-0.39, 0.29) is 0 Å². The second-order valence-corrected chi connectivity index (χ2v) is 3.28. The number of aromatic nitrogens is 2. The first kappa shape index (κ1) is 8.60. The molecule has 0 unspecified atom stereocenters. The number of rotatable bonds is 1. The van der Waals surface area contributed by atoms with Crippen molar-refractivity contribution < 1.29 is 0 Å². The van der Waals surface area contributed by atoms with Crippen molar-refractivity contribution in [3.63, 3.8) is 0 Å². The standard InChI is InChI=1S/C9H5Cl2N2/c10-7-3-1-2-6(9(7)11)8-4-5-12-13-8/h1-4H,(H,12,13). The lowest BCUT2D eigenvalue weighted by molar-refractivity contribution is 1.09. The third kappa shape index (κ3) is 1.55. The minimum absolute atomic E-state index is 0.518. The van der Waals surface area contributed by atoms with Crippen LogP contribution in [0.1, 0.15) is 0 Å². The number of hydrogen-bond acceptors (Lipinski definition) is 1. The number of aromatic amines is 1. The van der Waals surface area contributed by atoms with Crippen molar-refractivity contribution >= 4 is 23.2 Å². The van der Waals surface area contributed by atoms with Gasteiger partial charge in [-0.2, -0.15) is 5.10 Å². The van der Waals surface area contributed by atoms with Crippen LogP contribution in [0.5, 0.6) is 0 Å². The van der Waals surface area contributed by atoms with E-state index < -0.39 is 0 Å². The van der Waals surface area contributed by atoms with Crippen LogP contribution in [-0.4, -0.2) is 10.2 Å². The number of H-pyrrole nitrogens is 1. The third-order valence-corrected chi connectivity index (χ3v) is 2.50. The van der Waals surface area contributed by atoms with Crippen molar-refractivity contribution in [2.24, 2.45) is 0 Å². The molecule has 4 heteroatoms. The number of halogens is 2. The SMILES string of the molecule is Clc1cccc(-c2c[c][nH]n2)c1Cl. The Hall–Kier alpha value is -0.990. The topological polar surface area (TPSA) is 28.7 Å². The number of hydrogen-bond donors (Lipinski definition) is 1. The molecule has 0 aliphatic carbocycles. The van der Waals surface area contributed by atoms with E-state index in [4.69, 9.17) is 23.2 Å². The maximum atomic E-state index is 5.98. The first-order chi connectivity index (χ1) is 6.29. The Morgan fingerprint density at radius 2 is 2.15 bits per heavy atom. The van der Waals surface area contributed by atoms with Gasteiger partial charge in [-0.3, -0.25) is 5.10 Å². The van der Waals surface area contributed by atoms with Gasteiger partial charge in [-0.05, 0) is 12.1 Å². The van der Waals surface area contributed by atoms with E-state index in [1.54, 1.807) is 12.1 Å². The van der Waals surface area contributed by atoms with Crippen LogP contribution in [0.25, 0.3) is 11.3 Å². The summed E-state index contributed by atoms with van der Waals surface area (Å²) in [7, 11) is 0. The summed E-state index contributed by atoms with van der Waals surface area (Å²) in [5, 5.41) is 7.61. The van der Waals surface area contributed by atoms with Crippen molar-refractivity contribution in [2.75, 3.05) is 0 Å². The van der Waals surface area contributed by atoms with Crippen LogP contribution in [0, 0.1) is 6.20 Å². The molecule has 0 bridgehead atoms. The van der Waals surface area contributed by atoms with Crippen molar-refractivity contribution in [3.05, 3.63) is 40.5 Å². The fraction of sp³-hybridized carbons (Fsp3) is 0. The molecule has 2 aromatic rings. The van der Waals surface area contributed by atoms with Crippen LogP contribution in [0.4, 0.5) is 0 Å². The van der Waals surface area contributed by atoms with E-state index in [1.165, 1.54) is 0 Å². The highest BCUT2D eigenvalue weighted by Gasteiger charge is 2.07. The zero-order valence-corrected chi connectivity index (χ0v) is 8.02. The molecule has 2 nitrogen and oxygen atoms in total. The molecule has 0 saturated carbocycles. The summed E-state index contributed by atoms with van der Waals surface area (Å²) in [6.45, 7) is 0. The molecular weight excluding hydrogens is 207 g/mol. The maximum Gasteiger partial charge on any atom is 0.0943 e. The second kappa shape index (κ2) is 3.40. The van der Waals surface area contributed by atoms with Crippen LogP contribution >= 0.6 is 23.2 Å². The lowest BCUT2D eigenvalue weighted by atomic mass is 10.1. The predicted octanol–water partition coefficient (Wildman–Crippen LogP) is 3.18. The first-order valence-electron chi connectivity index (χ1n) is 3.65. The van der Waals surface area contributed by atoms with E-state index in [2.05, 4.69) is 16.4 Å². The Bertz CT molecular complexity index is 410.